The minimum absolute atomic E-state index is 0.0177. The van der Waals surface area contributed by atoms with Crippen LogP contribution in [0.5, 0.6) is 0 Å². The van der Waals surface area contributed by atoms with Gasteiger partial charge in [0.15, 0.2) is 0 Å². The van der Waals surface area contributed by atoms with Crippen LogP contribution in [0.1, 0.15) is 5.56 Å². The van der Waals surface area contributed by atoms with Gasteiger partial charge in [0.1, 0.15) is 18.2 Å². The maximum absolute atomic E-state index is 13.5. The van der Waals surface area contributed by atoms with E-state index in [0.29, 0.717) is 5.56 Å². The molecule has 0 aliphatic heterocycles. The van der Waals surface area contributed by atoms with Crippen LogP contribution in [0.3, 0.4) is 0 Å². The van der Waals surface area contributed by atoms with Gasteiger partial charge in [-0.25, -0.2) is 4.39 Å². The average molecular weight is 256 g/mol. The van der Waals surface area contributed by atoms with Gasteiger partial charge in [-0.15, -0.1) is 0 Å². The van der Waals surface area contributed by atoms with Gasteiger partial charge in [-0.05, 0) is 6.07 Å². The molecule has 0 spiro atoms. The summed E-state index contributed by atoms with van der Waals surface area (Å²) < 4.78 is 14.8. The Bertz CT molecular complexity index is 570. The molecule has 0 unspecified atom stereocenters. The zero-order chi connectivity index (χ0) is 12.4. The lowest BCUT2D eigenvalue weighted by Gasteiger charge is -2.03. The van der Waals surface area contributed by atoms with Crippen LogP contribution in [0.4, 0.5) is 10.1 Å². The van der Waals surface area contributed by atoms with E-state index in [1.807, 2.05) is 0 Å². The fraction of sp³-hybridized carbons (Fsp3) is 0.100. The van der Waals surface area contributed by atoms with Gasteiger partial charge >= 0.3 is 5.69 Å². The molecule has 2 rings (SSSR count). The van der Waals surface area contributed by atoms with E-state index in [0.717, 1.165) is 6.20 Å². The van der Waals surface area contributed by atoms with Gasteiger partial charge in [0, 0.05) is 5.56 Å². The first kappa shape index (κ1) is 11.5. The molecule has 2 aromatic rings. The molecule has 5 nitrogen and oxygen atoms in total. The Morgan fingerprint density at radius 2 is 2.29 bits per heavy atom. The van der Waals surface area contributed by atoms with Crippen LogP contribution < -0.4 is 0 Å². The van der Waals surface area contributed by atoms with Crippen LogP contribution >= 0.6 is 11.6 Å². The molecular formula is C10H7ClFN3O2. The van der Waals surface area contributed by atoms with Crippen LogP contribution in [-0.2, 0) is 6.54 Å². The Morgan fingerprint density at radius 1 is 1.53 bits per heavy atom. The third kappa shape index (κ3) is 2.42. The van der Waals surface area contributed by atoms with E-state index < -0.39 is 10.7 Å². The largest absolute Gasteiger partial charge is 0.307 e. The smallest absolute Gasteiger partial charge is 0.261 e. The molecule has 7 heteroatoms. The highest BCUT2D eigenvalue weighted by Gasteiger charge is 2.11. The minimum Gasteiger partial charge on any atom is -0.261 e. The van der Waals surface area contributed by atoms with Gasteiger partial charge in [-0.2, -0.15) is 5.10 Å². The quantitative estimate of drug-likeness (QED) is 0.626. The molecule has 88 valence electrons. The van der Waals surface area contributed by atoms with Crippen molar-refractivity contribution in [2.45, 2.75) is 6.54 Å². The Kier molecular flexibility index (Phi) is 3.06. The predicted molar refractivity (Wildman–Crippen MR) is 59.4 cm³/mol. The van der Waals surface area contributed by atoms with Crippen LogP contribution in [0, 0.1) is 15.9 Å². The van der Waals surface area contributed by atoms with Crippen LogP contribution in [0.2, 0.25) is 5.02 Å². The molecule has 1 aromatic heterocycles. The second-order valence-corrected chi connectivity index (χ2v) is 3.77. The molecule has 1 heterocycles. The molecule has 0 radical (unpaired) electrons. The van der Waals surface area contributed by atoms with Gasteiger partial charge in [0.2, 0.25) is 0 Å². The van der Waals surface area contributed by atoms with Crippen molar-refractivity contribution in [2.24, 2.45) is 0 Å². The molecule has 0 saturated heterocycles. The monoisotopic (exact) mass is 255 g/mol. The van der Waals surface area contributed by atoms with Crippen LogP contribution in [0.15, 0.2) is 30.6 Å². The van der Waals surface area contributed by atoms with Crippen molar-refractivity contribution in [2.75, 3.05) is 0 Å². The van der Waals surface area contributed by atoms with Gasteiger partial charge in [0.05, 0.1) is 16.5 Å². The minimum atomic E-state index is -0.558. The Balaban J connectivity index is 2.25. The molecule has 0 amide bonds. The van der Waals surface area contributed by atoms with E-state index in [1.165, 1.54) is 16.9 Å². The van der Waals surface area contributed by atoms with E-state index in [-0.39, 0.29) is 17.3 Å². The average Bonchev–Trinajstić information content (AvgIpc) is 2.73. The summed E-state index contributed by atoms with van der Waals surface area (Å²) in [4.78, 5) is 9.89. The molecule has 0 atom stereocenters. The predicted octanol–water partition coefficient (Wildman–Crippen LogP) is 2.63. The summed E-state index contributed by atoms with van der Waals surface area (Å²) >= 11 is 5.62. The standard InChI is InChI=1S/C10H7ClFN3O2/c11-9-3-1-2-7(10(9)12)5-14-6-8(4-13-14)15(16)17/h1-4,6H,5H2. The van der Waals surface area contributed by atoms with E-state index in [4.69, 9.17) is 11.6 Å². The topological polar surface area (TPSA) is 61.0 Å². The summed E-state index contributed by atoms with van der Waals surface area (Å²) in [7, 11) is 0. The lowest BCUT2D eigenvalue weighted by Crippen LogP contribution is -2.02. The third-order valence-electron chi connectivity index (χ3n) is 2.19. The lowest BCUT2D eigenvalue weighted by atomic mass is 10.2. The van der Waals surface area contributed by atoms with Gasteiger partial charge < -0.3 is 0 Å². The van der Waals surface area contributed by atoms with Gasteiger partial charge in [-0.1, -0.05) is 23.7 Å². The zero-order valence-electron chi connectivity index (χ0n) is 8.51. The van der Waals surface area contributed by atoms with Crippen molar-refractivity contribution >= 4 is 17.3 Å². The number of aromatic nitrogens is 2. The second kappa shape index (κ2) is 4.50. The highest BCUT2D eigenvalue weighted by molar-refractivity contribution is 6.30. The van der Waals surface area contributed by atoms with E-state index >= 15 is 0 Å². The Hall–Kier alpha value is -1.95. The number of hydrogen-bond acceptors (Lipinski definition) is 3. The number of rotatable bonds is 3. The molecule has 0 aliphatic rings. The first-order valence-electron chi connectivity index (χ1n) is 4.67. The van der Waals surface area contributed by atoms with Crippen LogP contribution in [0.25, 0.3) is 0 Å². The normalized spacial score (nSPS) is 10.5. The number of halogens is 2. The summed E-state index contributed by atoms with van der Waals surface area (Å²) in [6, 6.07) is 4.60. The second-order valence-electron chi connectivity index (χ2n) is 3.37. The lowest BCUT2D eigenvalue weighted by molar-refractivity contribution is -0.385. The SMILES string of the molecule is O=[N+]([O-])c1cnn(Cc2cccc(Cl)c2F)c1. The number of nitro groups is 1. The molecule has 0 aliphatic carbocycles. The summed E-state index contributed by atoms with van der Waals surface area (Å²) in [6.07, 6.45) is 2.35. The summed E-state index contributed by atoms with van der Waals surface area (Å²) in [5.41, 5.74) is 0.197. The Labute approximate surface area is 101 Å². The maximum Gasteiger partial charge on any atom is 0.307 e. The number of nitrogens with zero attached hydrogens (tertiary/aromatic N) is 3. The molecule has 1 aromatic carbocycles. The summed E-state index contributed by atoms with van der Waals surface area (Å²) in [5.74, 6) is -0.535. The van der Waals surface area contributed by atoms with Crippen molar-refractivity contribution in [3.8, 4) is 0 Å². The van der Waals surface area contributed by atoms with E-state index in [9.17, 15) is 14.5 Å². The molecule has 0 N–H and O–H groups in total. The van der Waals surface area contributed by atoms with E-state index in [2.05, 4.69) is 5.10 Å². The molecule has 17 heavy (non-hydrogen) atoms. The fourth-order valence-corrected chi connectivity index (χ4v) is 1.57. The number of benzene rings is 1. The third-order valence-corrected chi connectivity index (χ3v) is 2.49. The first-order valence-corrected chi connectivity index (χ1v) is 5.05. The zero-order valence-corrected chi connectivity index (χ0v) is 9.26. The van der Waals surface area contributed by atoms with E-state index in [1.54, 1.807) is 12.1 Å². The fourth-order valence-electron chi connectivity index (χ4n) is 1.38. The summed E-state index contributed by atoms with van der Waals surface area (Å²) in [6.45, 7) is 0.0975. The van der Waals surface area contributed by atoms with Gasteiger partial charge in [-0.3, -0.25) is 14.8 Å². The van der Waals surface area contributed by atoms with Crippen molar-refractivity contribution in [1.82, 2.24) is 9.78 Å². The highest BCUT2D eigenvalue weighted by atomic mass is 35.5. The molecule has 0 saturated carbocycles. The van der Waals surface area contributed by atoms with Crippen molar-refractivity contribution in [1.29, 1.82) is 0 Å². The van der Waals surface area contributed by atoms with Gasteiger partial charge in [0.25, 0.3) is 0 Å². The van der Waals surface area contributed by atoms with Crippen molar-refractivity contribution in [3.63, 3.8) is 0 Å². The summed E-state index contributed by atoms with van der Waals surface area (Å²) in [5, 5.41) is 14.2. The molecule has 0 bridgehead atoms. The van der Waals surface area contributed by atoms with Crippen molar-refractivity contribution in [3.05, 3.63) is 57.1 Å². The van der Waals surface area contributed by atoms with Crippen molar-refractivity contribution < 1.29 is 9.31 Å². The molecule has 0 fully saturated rings. The number of hydrogen-bond donors (Lipinski definition) is 0. The first-order chi connectivity index (χ1) is 8.08. The highest BCUT2D eigenvalue weighted by Crippen LogP contribution is 2.19. The molecular weight excluding hydrogens is 249 g/mol. The van der Waals surface area contributed by atoms with Crippen LogP contribution in [-0.4, -0.2) is 14.7 Å². The Morgan fingerprint density at radius 3 is 2.94 bits per heavy atom. The maximum atomic E-state index is 13.5.